The quantitative estimate of drug-likeness (QED) is 0.832. The molecule has 1 aliphatic rings. The van der Waals surface area contributed by atoms with Crippen LogP contribution in [0.25, 0.3) is 0 Å². The van der Waals surface area contributed by atoms with E-state index in [0.717, 1.165) is 12.5 Å². The molecule has 0 saturated carbocycles. The first kappa shape index (κ1) is 16.5. The molecule has 0 bridgehead atoms. The van der Waals surface area contributed by atoms with Gasteiger partial charge in [0.25, 0.3) is 0 Å². The van der Waals surface area contributed by atoms with E-state index in [1.54, 1.807) is 0 Å². The Kier molecular flexibility index (Phi) is 6.22. The highest BCUT2D eigenvalue weighted by Gasteiger charge is 2.21. The van der Waals surface area contributed by atoms with Crippen molar-refractivity contribution in [2.24, 2.45) is 5.92 Å². The third-order valence-electron chi connectivity index (χ3n) is 4.69. The zero-order valence-electron chi connectivity index (χ0n) is 14.1. The van der Waals surface area contributed by atoms with Gasteiger partial charge in [-0.05, 0) is 65.5 Å². The van der Waals surface area contributed by atoms with E-state index in [1.165, 1.54) is 43.6 Å². The molecule has 118 valence electrons. The molecule has 3 heteroatoms. The first-order valence-electron chi connectivity index (χ1n) is 8.19. The van der Waals surface area contributed by atoms with Crippen molar-refractivity contribution in [1.82, 2.24) is 15.1 Å². The van der Waals surface area contributed by atoms with Crippen LogP contribution in [0.5, 0.6) is 0 Å². The number of aryl methyl sites for hydroxylation is 1. The van der Waals surface area contributed by atoms with Crippen LogP contribution >= 0.6 is 0 Å². The molecule has 3 nitrogen and oxygen atoms in total. The van der Waals surface area contributed by atoms with Crippen molar-refractivity contribution in [3.05, 3.63) is 35.4 Å². The predicted molar refractivity (Wildman–Crippen MR) is 90.7 cm³/mol. The smallest absolute Gasteiger partial charge is 0.0329 e. The zero-order valence-corrected chi connectivity index (χ0v) is 14.1. The molecule has 0 aromatic heterocycles. The molecule has 1 aromatic rings. The molecule has 1 saturated heterocycles. The van der Waals surface area contributed by atoms with Crippen molar-refractivity contribution >= 4 is 0 Å². The van der Waals surface area contributed by atoms with Gasteiger partial charge in [0.2, 0.25) is 0 Å². The van der Waals surface area contributed by atoms with Crippen LogP contribution in [-0.4, -0.2) is 57.1 Å². The minimum Gasteiger partial charge on any atom is -0.313 e. The van der Waals surface area contributed by atoms with Gasteiger partial charge in [0, 0.05) is 19.1 Å². The van der Waals surface area contributed by atoms with Gasteiger partial charge < -0.3 is 15.1 Å². The molecular weight excluding hydrogens is 258 g/mol. The highest BCUT2D eigenvalue weighted by Crippen LogP contribution is 2.19. The second-order valence-electron chi connectivity index (χ2n) is 6.72. The number of rotatable bonds is 7. The van der Waals surface area contributed by atoms with Crippen molar-refractivity contribution in [2.75, 3.05) is 47.3 Å². The monoisotopic (exact) mass is 289 g/mol. The van der Waals surface area contributed by atoms with E-state index in [4.69, 9.17) is 0 Å². The Balaban J connectivity index is 1.78. The van der Waals surface area contributed by atoms with Crippen LogP contribution in [0.3, 0.4) is 0 Å². The molecule has 1 heterocycles. The van der Waals surface area contributed by atoms with Crippen molar-refractivity contribution in [1.29, 1.82) is 0 Å². The van der Waals surface area contributed by atoms with E-state index in [-0.39, 0.29) is 0 Å². The third-order valence-corrected chi connectivity index (χ3v) is 4.69. The number of benzene rings is 1. The zero-order chi connectivity index (χ0) is 15.2. The molecule has 1 fully saturated rings. The highest BCUT2D eigenvalue weighted by molar-refractivity contribution is 5.24. The average molecular weight is 289 g/mol. The van der Waals surface area contributed by atoms with Gasteiger partial charge in [-0.3, -0.25) is 0 Å². The van der Waals surface area contributed by atoms with Gasteiger partial charge in [-0.15, -0.1) is 0 Å². The highest BCUT2D eigenvalue weighted by atomic mass is 15.1. The van der Waals surface area contributed by atoms with Crippen LogP contribution in [0.2, 0.25) is 0 Å². The van der Waals surface area contributed by atoms with Crippen molar-refractivity contribution in [3.8, 4) is 0 Å². The summed E-state index contributed by atoms with van der Waals surface area (Å²) in [6.45, 7) is 7.05. The van der Waals surface area contributed by atoms with Gasteiger partial charge >= 0.3 is 0 Å². The molecule has 1 N–H and O–H groups in total. The minimum absolute atomic E-state index is 0.458. The Hall–Kier alpha value is -0.900. The first-order valence-corrected chi connectivity index (χ1v) is 8.19. The Morgan fingerprint density at radius 2 is 2.05 bits per heavy atom. The summed E-state index contributed by atoms with van der Waals surface area (Å²) in [5, 5.41) is 3.46. The lowest BCUT2D eigenvalue weighted by atomic mass is 10.0. The molecule has 1 aliphatic heterocycles. The maximum Gasteiger partial charge on any atom is 0.0329 e. The fourth-order valence-electron chi connectivity index (χ4n) is 3.33. The summed E-state index contributed by atoms with van der Waals surface area (Å²) in [6, 6.07) is 9.37. The fourth-order valence-corrected chi connectivity index (χ4v) is 3.33. The SMILES string of the molecule is CNC(CCN(C)CC1CCN(C)C1)c1ccc(C)cc1. The minimum atomic E-state index is 0.458. The van der Waals surface area contributed by atoms with Crippen LogP contribution in [0.4, 0.5) is 0 Å². The van der Waals surface area contributed by atoms with Crippen LogP contribution in [0, 0.1) is 12.8 Å². The molecule has 2 rings (SSSR count). The maximum absolute atomic E-state index is 3.46. The van der Waals surface area contributed by atoms with Gasteiger partial charge in [0.15, 0.2) is 0 Å². The molecule has 0 radical (unpaired) electrons. The van der Waals surface area contributed by atoms with Crippen LogP contribution in [-0.2, 0) is 0 Å². The topological polar surface area (TPSA) is 18.5 Å². The van der Waals surface area contributed by atoms with E-state index in [9.17, 15) is 0 Å². The van der Waals surface area contributed by atoms with E-state index in [2.05, 4.69) is 67.4 Å². The molecule has 0 aliphatic carbocycles. The maximum atomic E-state index is 3.46. The van der Waals surface area contributed by atoms with Gasteiger partial charge in [-0.1, -0.05) is 29.8 Å². The normalized spacial score (nSPS) is 21.1. The van der Waals surface area contributed by atoms with E-state index in [0.29, 0.717) is 6.04 Å². The molecule has 21 heavy (non-hydrogen) atoms. The lowest BCUT2D eigenvalue weighted by Gasteiger charge is -2.24. The molecule has 1 aromatic carbocycles. The first-order chi connectivity index (χ1) is 10.1. The molecule has 2 unspecified atom stereocenters. The van der Waals surface area contributed by atoms with Crippen molar-refractivity contribution < 1.29 is 0 Å². The third kappa shape index (κ3) is 5.10. The molecule has 0 amide bonds. The second-order valence-corrected chi connectivity index (χ2v) is 6.72. The summed E-state index contributed by atoms with van der Waals surface area (Å²) in [5.41, 5.74) is 2.73. The van der Waals surface area contributed by atoms with Gasteiger partial charge in [-0.25, -0.2) is 0 Å². The number of likely N-dealkylation sites (tertiary alicyclic amines) is 1. The van der Waals surface area contributed by atoms with E-state index >= 15 is 0 Å². The summed E-state index contributed by atoms with van der Waals surface area (Å²) < 4.78 is 0. The average Bonchev–Trinajstić information content (AvgIpc) is 2.86. The lowest BCUT2D eigenvalue weighted by Crippen LogP contribution is -2.30. The van der Waals surface area contributed by atoms with Crippen LogP contribution in [0.1, 0.15) is 30.0 Å². The number of hydrogen-bond donors (Lipinski definition) is 1. The summed E-state index contributed by atoms with van der Waals surface area (Å²) >= 11 is 0. The molecular formula is C18H31N3. The second kappa shape index (κ2) is 7.92. The standard InChI is InChI=1S/C18H31N3/c1-15-5-7-17(8-6-15)18(19-2)10-12-21(4)14-16-9-11-20(3)13-16/h5-8,16,18-19H,9-14H2,1-4H3. The Labute approximate surface area is 130 Å². The summed E-state index contributed by atoms with van der Waals surface area (Å²) in [6.07, 6.45) is 2.52. The van der Waals surface area contributed by atoms with Crippen molar-refractivity contribution in [3.63, 3.8) is 0 Å². The number of hydrogen-bond acceptors (Lipinski definition) is 3. The predicted octanol–water partition coefficient (Wildman–Crippen LogP) is 2.53. The summed E-state index contributed by atoms with van der Waals surface area (Å²) in [7, 11) is 6.56. The van der Waals surface area contributed by atoms with Crippen LogP contribution in [0.15, 0.2) is 24.3 Å². The lowest BCUT2D eigenvalue weighted by molar-refractivity contribution is 0.261. The summed E-state index contributed by atoms with van der Waals surface area (Å²) in [5.74, 6) is 0.854. The number of nitrogens with zero attached hydrogens (tertiary/aromatic N) is 2. The number of nitrogens with one attached hydrogen (secondary N) is 1. The molecule has 2 atom stereocenters. The Bertz CT molecular complexity index is 415. The fraction of sp³-hybridized carbons (Fsp3) is 0.667. The van der Waals surface area contributed by atoms with Gasteiger partial charge in [-0.2, -0.15) is 0 Å². The van der Waals surface area contributed by atoms with Gasteiger partial charge in [0.05, 0.1) is 0 Å². The van der Waals surface area contributed by atoms with E-state index in [1.807, 2.05) is 0 Å². The largest absolute Gasteiger partial charge is 0.313 e. The Morgan fingerprint density at radius 3 is 2.62 bits per heavy atom. The Morgan fingerprint density at radius 1 is 1.33 bits per heavy atom. The van der Waals surface area contributed by atoms with Crippen molar-refractivity contribution in [2.45, 2.75) is 25.8 Å². The molecule has 0 spiro atoms. The van der Waals surface area contributed by atoms with E-state index < -0.39 is 0 Å². The van der Waals surface area contributed by atoms with Crippen LogP contribution < -0.4 is 5.32 Å². The summed E-state index contributed by atoms with van der Waals surface area (Å²) in [4.78, 5) is 4.95. The van der Waals surface area contributed by atoms with Gasteiger partial charge in [0.1, 0.15) is 0 Å².